The fraction of sp³-hybridized carbons (Fsp3) is 0.375. The van der Waals surface area contributed by atoms with Crippen LogP contribution in [-0.2, 0) is 0 Å². The number of unbranched alkanes of at least 4 members (excludes halogenated alkanes) is 4. The minimum Gasteiger partial charge on any atom is -0.494 e. The molecule has 0 aliphatic rings. The number of ether oxygens (including phenoxy) is 3. The molecular weight excluding hydrogens is 478 g/mol. The number of carbonyl (C=O) groups is 2. The first kappa shape index (κ1) is 28.8. The highest BCUT2D eigenvalue weighted by molar-refractivity contribution is 6.04. The van der Waals surface area contributed by atoms with Gasteiger partial charge in [-0.15, -0.1) is 0 Å². The van der Waals surface area contributed by atoms with Crippen molar-refractivity contribution in [2.45, 2.75) is 59.3 Å². The molecule has 1 atom stereocenters. The topological polar surface area (TPSA) is 73.9 Å². The van der Waals surface area contributed by atoms with Crippen LogP contribution in [0.4, 0.5) is 5.69 Å². The lowest BCUT2D eigenvalue weighted by atomic mass is 10.1. The molecule has 0 saturated heterocycles. The number of esters is 1. The molecule has 3 aromatic carbocycles. The molecule has 0 heterocycles. The van der Waals surface area contributed by atoms with Crippen LogP contribution in [0.2, 0.25) is 0 Å². The molecule has 1 N–H and O–H groups in total. The van der Waals surface area contributed by atoms with Gasteiger partial charge in [-0.1, -0.05) is 52.9 Å². The molecule has 0 fully saturated rings. The van der Waals surface area contributed by atoms with Crippen molar-refractivity contribution in [1.29, 1.82) is 0 Å². The Morgan fingerprint density at radius 3 is 1.95 bits per heavy atom. The first-order chi connectivity index (χ1) is 18.5. The van der Waals surface area contributed by atoms with Gasteiger partial charge < -0.3 is 19.5 Å². The van der Waals surface area contributed by atoms with Gasteiger partial charge in [-0.2, -0.15) is 0 Å². The number of benzene rings is 3. The van der Waals surface area contributed by atoms with Crippen molar-refractivity contribution in [3.05, 3.63) is 83.9 Å². The molecular formula is C32H39NO5. The van der Waals surface area contributed by atoms with E-state index in [0.29, 0.717) is 41.7 Å². The second-order valence-electron chi connectivity index (χ2n) is 9.50. The van der Waals surface area contributed by atoms with Gasteiger partial charge in [0.1, 0.15) is 17.2 Å². The van der Waals surface area contributed by atoms with Crippen LogP contribution in [0.1, 0.15) is 80.0 Å². The zero-order valence-electron chi connectivity index (χ0n) is 22.7. The van der Waals surface area contributed by atoms with Gasteiger partial charge in [0.05, 0.1) is 18.8 Å². The van der Waals surface area contributed by atoms with E-state index in [2.05, 4.69) is 26.1 Å². The molecule has 3 aromatic rings. The van der Waals surface area contributed by atoms with Gasteiger partial charge in [-0.25, -0.2) is 4.79 Å². The molecule has 0 saturated carbocycles. The number of hydrogen-bond acceptors (Lipinski definition) is 5. The average molecular weight is 518 g/mol. The molecule has 3 rings (SSSR count). The van der Waals surface area contributed by atoms with Crippen molar-refractivity contribution in [3.63, 3.8) is 0 Å². The maximum Gasteiger partial charge on any atom is 0.343 e. The van der Waals surface area contributed by atoms with E-state index < -0.39 is 5.97 Å². The zero-order valence-corrected chi connectivity index (χ0v) is 22.7. The Kier molecular flexibility index (Phi) is 11.7. The van der Waals surface area contributed by atoms with E-state index in [0.717, 1.165) is 24.3 Å². The summed E-state index contributed by atoms with van der Waals surface area (Å²) in [4.78, 5) is 25.1. The molecule has 0 aliphatic carbocycles. The Labute approximate surface area is 226 Å². The summed E-state index contributed by atoms with van der Waals surface area (Å²) in [6.07, 6.45) is 6.97. The van der Waals surface area contributed by atoms with Gasteiger partial charge >= 0.3 is 5.97 Å². The number of anilines is 1. The summed E-state index contributed by atoms with van der Waals surface area (Å²) in [6, 6.07) is 20.7. The molecule has 6 nitrogen and oxygen atoms in total. The second kappa shape index (κ2) is 15.5. The summed E-state index contributed by atoms with van der Waals surface area (Å²) in [5, 5.41) is 2.87. The molecule has 0 bridgehead atoms. The van der Waals surface area contributed by atoms with E-state index >= 15 is 0 Å². The van der Waals surface area contributed by atoms with Crippen molar-refractivity contribution in [1.82, 2.24) is 0 Å². The molecule has 0 radical (unpaired) electrons. The van der Waals surface area contributed by atoms with Crippen LogP contribution in [0.25, 0.3) is 0 Å². The fourth-order valence-corrected chi connectivity index (χ4v) is 3.62. The zero-order chi connectivity index (χ0) is 27.2. The maximum absolute atomic E-state index is 12.6. The molecule has 38 heavy (non-hydrogen) atoms. The van der Waals surface area contributed by atoms with Crippen molar-refractivity contribution < 1.29 is 23.8 Å². The van der Waals surface area contributed by atoms with Crippen molar-refractivity contribution >= 4 is 17.6 Å². The number of carbonyl (C=O) groups excluding carboxylic acids is 2. The van der Waals surface area contributed by atoms with Gasteiger partial charge in [-0.3, -0.25) is 4.79 Å². The van der Waals surface area contributed by atoms with E-state index in [1.54, 1.807) is 48.5 Å². The Morgan fingerprint density at radius 2 is 1.29 bits per heavy atom. The largest absolute Gasteiger partial charge is 0.494 e. The Hall–Kier alpha value is -3.80. The Bertz CT molecular complexity index is 1120. The summed E-state index contributed by atoms with van der Waals surface area (Å²) >= 11 is 0. The molecule has 1 unspecified atom stereocenters. The Balaban J connectivity index is 1.45. The monoisotopic (exact) mass is 517 g/mol. The van der Waals surface area contributed by atoms with Gasteiger partial charge in [0.15, 0.2) is 0 Å². The SMILES string of the molecule is CCCCCCCOc1ccc(C(=O)Oc2ccc(C(=O)Nc3ccc(OCC(C)CC)cc3)cc2)cc1. The molecule has 202 valence electrons. The molecule has 0 aromatic heterocycles. The normalized spacial score (nSPS) is 11.4. The van der Waals surface area contributed by atoms with Crippen molar-refractivity contribution in [3.8, 4) is 17.2 Å². The lowest BCUT2D eigenvalue weighted by Crippen LogP contribution is -2.12. The minimum absolute atomic E-state index is 0.253. The van der Waals surface area contributed by atoms with Crippen LogP contribution in [0.5, 0.6) is 17.2 Å². The molecule has 0 aliphatic heterocycles. The lowest BCUT2D eigenvalue weighted by molar-refractivity contribution is 0.0734. The summed E-state index contributed by atoms with van der Waals surface area (Å²) in [7, 11) is 0. The van der Waals surface area contributed by atoms with Crippen LogP contribution in [-0.4, -0.2) is 25.1 Å². The van der Waals surface area contributed by atoms with Gasteiger partial charge in [0.2, 0.25) is 0 Å². The number of nitrogens with one attached hydrogen (secondary N) is 1. The third-order valence-corrected chi connectivity index (χ3v) is 6.28. The predicted octanol–water partition coefficient (Wildman–Crippen LogP) is 7.93. The van der Waals surface area contributed by atoms with Gasteiger partial charge in [-0.05, 0) is 85.1 Å². The minimum atomic E-state index is -0.469. The number of rotatable bonds is 15. The number of hydrogen-bond donors (Lipinski definition) is 1. The highest BCUT2D eigenvalue weighted by atomic mass is 16.5. The predicted molar refractivity (Wildman–Crippen MR) is 151 cm³/mol. The van der Waals surface area contributed by atoms with Gasteiger partial charge in [0.25, 0.3) is 5.91 Å². The van der Waals surface area contributed by atoms with Crippen molar-refractivity contribution in [2.75, 3.05) is 18.5 Å². The van der Waals surface area contributed by atoms with E-state index in [1.807, 2.05) is 24.3 Å². The van der Waals surface area contributed by atoms with Crippen molar-refractivity contribution in [2.24, 2.45) is 5.92 Å². The van der Waals surface area contributed by atoms with E-state index in [4.69, 9.17) is 14.2 Å². The molecule has 0 spiro atoms. The first-order valence-electron chi connectivity index (χ1n) is 13.6. The van der Waals surface area contributed by atoms with Crippen LogP contribution in [0.15, 0.2) is 72.8 Å². The van der Waals surface area contributed by atoms with Crippen LogP contribution in [0, 0.1) is 5.92 Å². The Morgan fingerprint density at radius 1 is 0.711 bits per heavy atom. The average Bonchev–Trinajstić information content (AvgIpc) is 2.95. The van der Waals surface area contributed by atoms with E-state index in [9.17, 15) is 9.59 Å². The summed E-state index contributed by atoms with van der Waals surface area (Å²) in [6.45, 7) is 7.81. The fourth-order valence-electron chi connectivity index (χ4n) is 3.62. The third-order valence-electron chi connectivity index (χ3n) is 6.28. The smallest absolute Gasteiger partial charge is 0.343 e. The van der Waals surface area contributed by atoms with E-state index in [-0.39, 0.29) is 5.91 Å². The third kappa shape index (κ3) is 9.58. The van der Waals surface area contributed by atoms with Gasteiger partial charge in [0, 0.05) is 11.3 Å². The van der Waals surface area contributed by atoms with Crippen LogP contribution >= 0.6 is 0 Å². The number of amides is 1. The summed E-state index contributed by atoms with van der Waals surface area (Å²) in [5.41, 5.74) is 1.56. The summed E-state index contributed by atoms with van der Waals surface area (Å²) < 4.78 is 17.0. The first-order valence-corrected chi connectivity index (χ1v) is 13.6. The highest BCUT2D eigenvalue weighted by Gasteiger charge is 2.11. The second-order valence-corrected chi connectivity index (χ2v) is 9.50. The molecule has 6 heteroatoms. The highest BCUT2D eigenvalue weighted by Crippen LogP contribution is 2.20. The standard InChI is InChI=1S/C32H39NO5/c1-4-6-7-8-9-22-36-28-16-12-26(13-17-28)32(35)38-30-18-10-25(11-19-30)31(34)33-27-14-20-29(21-15-27)37-23-24(3)5-2/h10-21,24H,4-9,22-23H2,1-3H3,(H,33,34). The van der Waals surface area contributed by atoms with Crippen LogP contribution in [0.3, 0.4) is 0 Å². The molecule has 1 amide bonds. The summed E-state index contributed by atoms with van der Waals surface area (Å²) in [5.74, 6) is 1.64. The van der Waals surface area contributed by atoms with Crippen LogP contribution < -0.4 is 19.5 Å². The van der Waals surface area contributed by atoms with E-state index in [1.165, 1.54) is 25.7 Å². The lowest BCUT2D eigenvalue weighted by Gasteiger charge is -2.12. The maximum atomic E-state index is 12.6. The quantitative estimate of drug-likeness (QED) is 0.126.